The maximum Gasteiger partial charge on any atom is 0.251 e. The summed E-state index contributed by atoms with van der Waals surface area (Å²) in [5, 5.41) is 3.09. The number of carbonyl (C=O) groups excluding carboxylic acids is 1. The third kappa shape index (κ3) is 4.55. The fraction of sp³-hybridized carbons (Fsp3) is 0.417. The van der Waals surface area contributed by atoms with Crippen molar-refractivity contribution in [1.29, 1.82) is 0 Å². The molecule has 0 radical (unpaired) electrons. The summed E-state index contributed by atoms with van der Waals surface area (Å²) < 4.78 is 25.5. The SMILES string of the molecule is O=C1CC[C@H](/C=C(/c2ccc(S(=O)(=O)CC3CC3)c(Cl)c2)c2ccc(C3CC3)c(=O)[nH]2)N1. The van der Waals surface area contributed by atoms with Crippen molar-refractivity contribution >= 4 is 32.9 Å². The van der Waals surface area contributed by atoms with Gasteiger partial charge in [-0.15, -0.1) is 0 Å². The zero-order valence-electron chi connectivity index (χ0n) is 17.6. The number of rotatable bonds is 7. The lowest BCUT2D eigenvalue weighted by atomic mass is 9.98. The van der Waals surface area contributed by atoms with Crippen molar-refractivity contribution in [2.45, 2.75) is 55.4 Å². The number of aromatic amines is 1. The van der Waals surface area contributed by atoms with Crippen LogP contribution in [0.5, 0.6) is 0 Å². The summed E-state index contributed by atoms with van der Waals surface area (Å²) in [5.74, 6) is 0.674. The van der Waals surface area contributed by atoms with Crippen molar-refractivity contribution in [2.24, 2.45) is 5.92 Å². The Bertz CT molecular complexity index is 1270. The second-order valence-electron chi connectivity index (χ2n) is 9.09. The number of benzene rings is 1. The van der Waals surface area contributed by atoms with Gasteiger partial charge in [0.2, 0.25) is 5.91 Å². The molecular formula is C24H25ClN2O4S. The Labute approximate surface area is 192 Å². The molecule has 1 atom stereocenters. The number of aromatic nitrogens is 1. The van der Waals surface area contributed by atoms with Crippen LogP contribution in [0.3, 0.4) is 0 Å². The fourth-order valence-electron chi connectivity index (χ4n) is 4.27. The minimum Gasteiger partial charge on any atom is -0.350 e. The zero-order chi connectivity index (χ0) is 22.5. The van der Waals surface area contributed by atoms with Crippen molar-refractivity contribution in [3.8, 4) is 0 Å². The van der Waals surface area contributed by atoms with Gasteiger partial charge < -0.3 is 10.3 Å². The highest BCUT2D eigenvalue weighted by Crippen LogP contribution is 2.39. The van der Waals surface area contributed by atoms with Crippen LogP contribution in [0.4, 0.5) is 0 Å². The van der Waals surface area contributed by atoms with Gasteiger partial charge in [-0.3, -0.25) is 9.59 Å². The van der Waals surface area contributed by atoms with Gasteiger partial charge in [-0.1, -0.05) is 29.8 Å². The van der Waals surface area contributed by atoms with Crippen molar-refractivity contribution in [1.82, 2.24) is 10.3 Å². The van der Waals surface area contributed by atoms with Gasteiger partial charge in [0, 0.05) is 29.3 Å². The van der Waals surface area contributed by atoms with E-state index in [0.717, 1.165) is 31.2 Å². The lowest BCUT2D eigenvalue weighted by molar-refractivity contribution is -0.119. The number of nitrogens with one attached hydrogen (secondary N) is 2. The molecule has 8 heteroatoms. The van der Waals surface area contributed by atoms with Crippen molar-refractivity contribution in [3.05, 3.63) is 68.6 Å². The number of halogens is 1. The smallest absolute Gasteiger partial charge is 0.251 e. The van der Waals surface area contributed by atoms with E-state index in [2.05, 4.69) is 10.3 Å². The van der Waals surface area contributed by atoms with Gasteiger partial charge in [0.1, 0.15) is 0 Å². The molecule has 0 unspecified atom stereocenters. The fourth-order valence-corrected chi connectivity index (χ4v) is 6.57. The Kier molecular flexibility index (Phi) is 5.50. The number of hydrogen-bond acceptors (Lipinski definition) is 4. The Balaban J connectivity index is 1.54. The van der Waals surface area contributed by atoms with Crippen LogP contribution in [0.25, 0.3) is 5.57 Å². The molecule has 1 amide bonds. The monoisotopic (exact) mass is 472 g/mol. The predicted molar refractivity (Wildman–Crippen MR) is 124 cm³/mol. The van der Waals surface area contributed by atoms with Gasteiger partial charge in [0.25, 0.3) is 5.56 Å². The van der Waals surface area contributed by atoms with E-state index in [0.29, 0.717) is 35.6 Å². The molecule has 2 heterocycles. The number of amides is 1. The molecule has 1 saturated heterocycles. The van der Waals surface area contributed by atoms with Crippen LogP contribution < -0.4 is 10.9 Å². The quantitative estimate of drug-likeness (QED) is 0.640. The summed E-state index contributed by atoms with van der Waals surface area (Å²) in [5.41, 5.74) is 2.70. The molecule has 3 aliphatic rings. The van der Waals surface area contributed by atoms with Gasteiger partial charge in [-0.05, 0) is 67.7 Å². The number of sulfone groups is 1. The molecule has 2 saturated carbocycles. The third-order valence-electron chi connectivity index (χ3n) is 6.37. The first kappa shape index (κ1) is 21.5. The summed E-state index contributed by atoms with van der Waals surface area (Å²) >= 11 is 6.45. The lowest BCUT2D eigenvalue weighted by Gasteiger charge is -2.14. The highest BCUT2D eigenvalue weighted by Gasteiger charge is 2.31. The maximum atomic E-state index is 12.7. The Morgan fingerprint density at radius 1 is 1.06 bits per heavy atom. The first-order valence-electron chi connectivity index (χ1n) is 11.1. The number of carbonyl (C=O) groups is 1. The van der Waals surface area contributed by atoms with Gasteiger partial charge in [0.15, 0.2) is 9.84 Å². The van der Waals surface area contributed by atoms with Crippen molar-refractivity contribution in [3.63, 3.8) is 0 Å². The van der Waals surface area contributed by atoms with Crippen LogP contribution in [-0.2, 0) is 14.6 Å². The molecular weight excluding hydrogens is 448 g/mol. The molecule has 1 aromatic carbocycles. The molecule has 32 heavy (non-hydrogen) atoms. The van der Waals surface area contributed by atoms with Crippen LogP contribution in [0, 0.1) is 5.92 Å². The van der Waals surface area contributed by atoms with Gasteiger partial charge in [-0.25, -0.2) is 8.42 Å². The van der Waals surface area contributed by atoms with Crippen LogP contribution in [0.2, 0.25) is 5.02 Å². The van der Waals surface area contributed by atoms with Gasteiger partial charge >= 0.3 is 0 Å². The van der Waals surface area contributed by atoms with E-state index in [1.54, 1.807) is 18.2 Å². The third-order valence-corrected chi connectivity index (χ3v) is 8.74. The summed E-state index contributed by atoms with van der Waals surface area (Å²) in [6, 6.07) is 8.49. The van der Waals surface area contributed by atoms with E-state index >= 15 is 0 Å². The standard InChI is InChI=1S/C24H25ClN2O4S/c25-20-11-16(5-9-22(20)32(30,31)13-14-1-2-14)19(12-17-6-10-23(28)26-17)21-8-7-18(15-3-4-15)24(29)27-21/h5,7-9,11-12,14-15,17H,1-4,6,10,13H2,(H,26,28)(H,27,29)/b19-12-/t17-/m1/s1. The largest absolute Gasteiger partial charge is 0.350 e. The summed E-state index contributed by atoms with van der Waals surface area (Å²) in [6.45, 7) is 0. The highest BCUT2D eigenvalue weighted by molar-refractivity contribution is 7.91. The summed E-state index contributed by atoms with van der Waals surface area (Å²) in [6.07, 6.45) is 6.98. The molecule has 2 aromatic rings. The minimum atomic E-state index is -3.45. The average molecular weight is 473 g/mol. The Morgan fingerprint density at radius 2 is 1.84 bits per heavy atom. The minimum absolute atomic E-state index is 0.0114. The van der Waals surface area contributed by atoms with E-state index in [1.807, 2.05) is 18.2 Å². The highest BCUT2D eigenvalue weighted by atomic mass is 35.5. The summed E-state index contributed by atoms with van der Waals surface area (Å²) in [4.78, 5) is 27.5. The first-order chi connectivity index (χ1) is 15.3. The van der Waals surface area contributed by atoms with Crippen LogP contribution >= 0.6 is 11.6 Å². The van der Waals surface area contributed by atoms with Gasteiger partial charge in [-0.2, -0.15) is 0 Å². The van der Waals surface area contributed by atoms with Crippen molar-refractivity contribution < 1.29 is 13.2 Å². The summed E-state index contributed by atoms with van der Waals surface area (Å²) in [7, 11) is -3.45. The van der Waals surface area contributed by atoms with Crippen LogP contribution in [-0.4, -0.2) is 31.1 Å². The molecule has 0 spiro atoms. The topological polar surface area (TPSA) is 96.1 Å². The van der Waals surface area contributed by atoms with E-state index in [4.69, 9.17) is 11.6 Å². The van der Waals surface area contributed by atoms with Crippen LogP contribution in [0.1, 0.15) is 61.3 Å². The number of hydrogen-bond donors (Lipinski definition) is 2. The predicted octanol–water partition coefficient (Wildman–Crippen LogP) is 3.80. The molecule has 6 nitrogen and oxygen atoms in total. The number of H-pyrrole nitrogens is 1. The maximum absolute atomic E-state index is 12.7. The molecule has 5 rings (SSSR count). The zero-order valence-corrected chi connectivity index (χ0v) is 19.1. The van der Waals surface area contributed by atoms with Crippen molar-refractivity contribution in [2.75, 3.05) is 5.75 Å². The molecule has 2 aliphatic carbocycles. The second-order valence-corrected chi connectivity index (χ2v) is 11.5. The Morgan fingerprint density at radius 3 is 2.44 bits per heavy atom. The Hall–Kier alpha value is -2.38. The molecule has 1 aliphatic heterocycles. The van der Waals surface area contributed by atoms with E-state index in [9.17, 15) is 18.0 Å². The number of pyridine rings is 1. The molecule has 168 valence electrons. The van der Waals surface area contributed by atoms with Crippen LogP contribution in [0.15, 0.2) is 46.1 Å². The normalized spacial score (nSPS) is 21.6. The van der Waals surface area contributed by atoms with Gasteiger partial charge in [0.05, 0.1) is 15.7 Å². The lowest BCUT2D eigenvalue weighted by Crippen LogP contribution is -2.23. The molecule has 2 N–H and O–H groups in total. The van der Waals surface area contributed by atoms with E-state index < -0.39 is 9.84 Å². The molecule has 1 aromatic heterocycles. The average Bonchev–Trinajstić information content (AvgIpc) is 3.66. The first-order valence-corrected chi connectivity index (χ1v) is 13.1. The molecule has 0 bridgehead atoms. The van der Waals surface area contributed by atoms with E-state index in [-0.39, 0.29) is 39.1 Å². The van der Waals surface area contributed by atoms with E-state index in [1.165, 1.54) is 0 Å². The second kappa shape index (κ2) is 8.19. The molecule has 3 fully saturated rings.